The highest BCUT2D eigenvalue weighted by molar-refractivity contribution is 9.05. The van der Waals surface area contributed by atoms with Gasteiger partial charge in [-0.1, -0.05) is 11.7 Å². The van der Waals surface area contributed by atoms with Gasteiger partial charge in [-0.3, -0.25) is 0 Å². The van der Waals surface area contributed by atoms with Gasteiger partial charge in [-0.2, -0.15) is 26.3 Å². The first kappa shape index (κ1) is 14.9. The van der Waals surface area contributed by atoms with Crippen molar-refractivity contribution in [1.82, 2.24) is 0 Å². The van der Waals surface area contributed by atoms with Gasteiger partial charge in [-0.25, -0.2) is 0 Å². The molecule has 0 saturated carbocycles. The third-order valence-corrected chi connectivity index (χ3v) is 3.67. The zero-order valence-electron chi connectivity index (χ0n) is 7.76. The summed E-state index contributed by atoms with van der Waals surface area (Å²) in [6.45, 7) is 0. The first-order valence-corrected chi connectivity index (χ1v) is 7.12. The van der Waals surface area contributed by atoms with E-state index in [1.807, 2.05) is 0 Å². The summed E-state index contributed by atoms with van der Waals surface area (Å²) in [5.74, 6) is 0. The van der Waals surface area contributed by atoms with E-state index >= 15 is 0 Å². The number of hydrogen-bond acceptors (Lipinski definition) is 3. The van der Waals surface area contributed by atoms with Gasteiger partial charge in [0.1, 0.15) is 0 Å². The molecule has 1 rings (SSSR count). The number of benzene rings is 1. The van der Waals surface area contributed by atoms with Crippen LogP contribution >= 0.6 is 32.3 Å². The zero-order valence-corrected chi connectivity index (χ0v) is 10.3. The van der Waals surface area contributed by atoms with Crippen LogP contribution in [-0.2, 0) is 12.4 Å². The summed E-state index contributed by atoms with van der Waals surface area (Å²) in [5, 5.41) is 0. The fourth-order valence-corrected chi connectivity index (χ4v) is 2.78. The number of halogens is 6. The maximum Gasteiger partial charge on any atom is 0.416 e. The topological polar surface area (TPSA) is 0 Å². The minimum atomic E-state index is -4.81. The first-order valence-electron chi connectivity index (χ1n) is 3.92. The lowest BCUT2D eigenvalue weighted by molar-refractivity contribution is -0.143. The average molecular weight is 310 g/mol. The van der Waals surface area contributed by atoms with Crippen LogP contribution < -0.4 is 0 Å². The Morgan fingerprint density at radius 1 is 0.824 bits per heavy atom. The molecular weight excluding hydrogens is 306 g/mol. The van der Waals surface area contributed by atoms with Crippen LogP contribution in [0.2, 0.25) is 0 Å². The molecule has 0 aliphatic carbocycles. The molecule has 0 nitrogen and oxygen atoms in total. The van der Waals surface area contributed by atoms with Crippen LogP contribution in [0.4, 0.5) is 26.3 Å². The molecule has 1 aromatic rings. The third kappa shape index (κ3) is 4.22. The van der Waals surface area contributed by atoms with Crippen molar-refractivity contribution in [2.45, 2.75) is 17.2 Å². The van der Waals surface area contributed by atoms with Crippen LogP contribution in [0.3, 0.4) is 0 Å². The van der Waals surface area contributed by atoms with Crippen molar-refractivity contribution in [2.24, 2.45) is 0 Å². The monoisotopic (exact) mass is 310 g/mol. The summed E-state index contributed by atoms with van der Waals surface area (Å²) in [7, 11) is 1.49. The molecule has 0 heterocycles. The second-order valence-corrected chi connectivity index (χ2v) is 5.98. The van der Waals surface area contributed by atoms with Gasteiger partial charge < -0.3 is 0 Å². The fraction of sp³-hybridized carbons (Fsp3) is 0.250. The summed E-state index contributed by atoms with van der Waals surface area (Å²) >= 11 is 3.66. The van der Waals surface area contributed by atoms with E-state index in [2.05, 4.69) is 11.7 Å². The van der Waals surface area contributed by atoms with Crippen molar-refractivity contribution in [3.05, 3.63) is 29.3 Å². The normalized spacial score (nSPS) is 12.9. The maximum atomic E-state index is 12.4. The van der Waals surface area contributed by atoms with Crippen molar-refractivity contribution >= 4 is 32.3 Å². The Labute approximate surface area is 105 Å². The smallest absolute Gasteiger partial charge is 0.166 e. The SMILES string of the molecule is FC(F)(F)c1cc(SSS)cc(C(F)(F)F)c1. The minimum absolute atomic E-state index is 0.0905. The van der Waals surface area contributed by atoms with Gasteiger partial charge in [-0.05, 0) is 38.8 Å². The van der Waals surface area contributed by atoms with Crippen LogP contribution in [0.15, 0.2) is 23.1 Å². The van der Waals surface area contributed by atoms with Crippen molar-refractivity contribution in [3.8, 4) is 0 Å². The highest BCUT2D eigenvalue weighted by Crippen LogP contribution is 2.41. The molecule has 0 aliphatic rings. The first-order chi connectivity index (χ1) is 7.64. The second-order valence-electron chi connectivity index (χ2n) is 2.90. The lowest BCUT2D eigenvalue weighted by Crippen LogP contribution is -2.10. The number of rotatable bonds is 2. The van der Waals surface area contributed by atoms with Crippen molar-refractivity contribution < 1.29 is 26.3 Å². The maximum absolute atomic E-state index is 12.4. The number of hydrogen-bond donors (Lipinski definition) is 1. The van der Waals surface area contributed by atoms with Gasteiger partial charge in [0, 0.05) is 4.90 Å². The molecule has 96 valence electrons. The van der Waals surface area contributed by atoms with Crippen LogP contribution in [0.1, 0.15) is 11.1 Å². The molecule has 0 atom stereocenters. The highest BCUT2D eigenvalue weighted by Gasteiger charge is 2.36. The Morgan fingerprint density at radius 3 is 1.53 bits per heavy atom. The molecule has 0 aromatic heterocycles. The van der Waals surface area contributed by atoms with Crippen molar-refractivity contribution in [3.63, 3.8) is 0 Å². The molecule has 9 heteroatoms. The van der Waals surface area contributed by atoms with E-state index in [0.717, 1.165) is 9.83 Å². The Morgan fingerprint density at radius 2 is 1.24 bits per heavy atom. The van der Waals surface area contributed by atoms with Crippen LogP contribution in [0, 0.1) is 0 Å². The Hall–Kier alpha value is -0.150. The van der Waals surface area contributed by atoms with E-state index < -0.39 is 23.5 Å². The third-order valence-electron chi connectivity index (χ3n) is 1.69. The standard InChI is InChI=1S/C8H4F6S3/c9-7(10,11)4-1-5(8(12,13)14)3-6(2-4)16-17-15/h1-3,15H. The van der Waals surface area contributed by atoms with Gasteiger partial charge in [0.15, 0.2) is 0 Å². The molecule has 0 unspecified atom stereocenters. The molecule has 0 fully saturated rings. The molecule has 0 radical (unpaired) electrons. The Bertz CT molecular complexity index is 365. The van der Waals surface area contributed by atoms with Crippen LogP contribution in [0.25, 0.3) is 0 Å². The molecular formula is C8H4F6S3. The molecule has 0 aliphatic heterocycles. The van der Waals surface area contributed by atoms with E-state index in [0.29, 0.717) is 22.9 Å². The minimum Gasteiger partial charge on any atom is -0.166 e. The Balaban J connectivity index is 3.29. The largest absolute Gasteiger partial charge is 0.416 e. The second kappa shape index (κ2) is 5.23. The van der Waals surface area contributed by atoms with Gasteiger partial charge in [-0.15, -0.1) is 0 Å². The zero-order chi connectivity index (χ0) is 13.3. The van der Waals surface area contributed by atoms with E-state index in [1.165, 1.54) is 0 Å². The Kier molecular flexibility index (Phi) is 4.59. The quantitative estimate of drug-likeness (QED) is 0.446. The summed E-state index contributed by atoms with van der Waals surface area (Å²) in [5.41, 5.74) is -2.64. The van der Waals surface area contributed by atoms with Crippen molar-refractivity contribution in [1.29, 1.82) is 0 Å². The predicted octanol–water partition coefficient (Wildman–Crippen LogP) is 5.31. The molecule has 0 saturated heterocycles. The molecule has 0 spiro atoms. The fourth-order valence-electron chi connectivity index (χ4n) is 1.02. The van der Waals surface area contributed by atoms with Gasteiger partial charge in [0.25, 0.3) is 0 Å². The van der Waals surface area contributed by atoms with E-state index in [-0.39, 0.29) is 11.0 Å². The van der Waals surface area contributed by atoms with E-state index in [4.69, 9.17) is 0 Å². The van der Waals surface area contributed by atoms with Gasteiger partial charge in [0.05, 0.1) is 11.1 Å². The number of thiol groups is 1. The molecule has 17 heavy (non-hydrogen) atoms. The van der Waals surface area contributed by atoms with Crippen LogP contribution in [0.5, 0.6) is 0 Å². The van der Waals surface area contributed by atoms with Crippen LogP contribution in [-0.4, -0.2) is 0 Å². The van der Waals surface area contributed by atoms with Crippen molar-refractivity contribution in [2.75, 3.05) is 0 Å². The summed E-state index contributed by atoms with van der Waals surface area (Å²) in [6.07, 6.45) is -9.62. The average Bonchev–Trinajstić information content (AvgIpc) is 2.15. The predicted molar refractivity (Wildman–Crippen MR) is 58.9 cm³/mol. The lowest BCUT2D eigenvalue weighted by Gasteiger charge is -2.13. The van der Waals surface area contributed by atoms with E-state index in [9.17, 15) is 26.3 Å². The summed E-state index contributed by atoms with van der Waals surface area (Å²) < 4.78 is 74.2. The molecule has 0 bridgehead atoms. The summed E-state index contributed by atoms with van der Waals surface area (Å²) in [6, 6.07) is 1.40. The van der Waals surface area contributed by atoms with Gasteiger partial charge >= 0.3 is 12.4 Å². The van der Waals surface area contributed by atoms with E-state index in [1.54, 1.807) is 0 Å². The summed E-state index contributed by atoms with van der Waals surface area (Å²) in [4.78, 5) is -0.146. The lowest BCUT2D eigenvalue weighted by atomic mass is 10.1. The molecule has 1 aromatic carbocycles. The molecule has 0 N–H and O–H groups in total. The number of alkyl halides is 6. The molecule has 0 amide bonds. The van der Waals surface area contributed by atoms with Gasteiger partial charge in [0.2, 0.25) is 0 Å². The highest BCUT2D eigenvalue weighted by atomic mass is 33.5.